The molecule has 4 atom stereocenters. The van der Waals surface area contributed by atoms with Crippen LogP contribution >= 0.6 is 23.5 Å². The maximum atomic E-state index is 11.6. The third kappa shape index (κ3) is 6.67. The molecule has 0 bridgehead atoms. The largest absolute Gasteiger partial charge is 0.490 e. The van der Waals surface area contributed by atoms with E-state index in [4.69, 9.17) is 19.4 Å². The van der Waals surface area contributed by atoms with E-state index >= 15 is 0 Å². The zero-order valence-electron chi connectivity index (χ0n) is 12.3. The summed E-state index contributed by atoms with van der Waals surface area (Å²) >= 11 is 0. The Kier molecular flexibility index (Phi) is 6.45. The molecule has 1 saturated heterocycles. The molecule has 1 fully saturated rings. The lowest BCUT2D eigenvalue weighted by atomic mass is 10.2. The van der Waals surface area contributed by atoms with Gasteiger partial charge in [-0.25, -0.2) is 13.7 Å². The number of phosphoric acid groups is 3. The van der Waals surface area contributed by atoms with Crippen LogP contribution in [0, 0.1) is 0 Å². The van der Waals surface area contributed by atoms with E-state index in [1.54, 1.807) is 0 Å². The molecule has 0 spiro atoms. The standard InChI is InChI=1S/C9H18NO11P3/c11-22(12,13)20-24(16,17)21-23(14,15)18-7-8-3-4-9(19-8)10-5-1-2-6-10/h1,5,8-9H,2-4,6-7H2,(H,14,15)(H,16,17)(H2,11,12,13)/t8-,9+/m0/s1. The summed E-state index contributed by atoms with van der Waals surface area (Å²) in [6, 6.07) is 0. The predicted molar refractivity (Wildman–Crippen MR) is 78.2 cm³/mol. The Labute approximate surface area is 137 Å². The van der Waals surface area contributed by atoms with E-state index in [2.05, 4.69) is 13.1 Å². The summed E-state index contributed by atoms with van der Waals surface area (Å²) < 4.78 is 50.7. The molecule has 4 N–H and O–H groups in total. The number of hydrogen-bond acceptors (Lipinski definition) is 8. The van der Waals surface area contributed by atoms with Gasteiger partial charge >= 0.3 is 23.5 Å². The Morgan fingerprint density at radius 3 is 2.38 bits per heavy atom. The molecule has 12 nitrogen and oxygen atoms in total. The Bertz CT molecular complexity index is 618. The van der Waals surface area contributed by atoms with E-state index < -0.39 is 36.2 Å². The molecule has 0 aromatic rings. The summed E-state index contributed by atoms with van der Waals surface area (Å²) in [7, 11) is -16.0. The fraction of sp³-hybridized carbons (Fsp3) is 0.778. The smallest absolute Gasteiger partial charge is 0.353 e. The van der Waals surface area contributed by atoms with E-state index in [1.165, 1.54) is 0 Å². The first-order valence-corrected chi connectivity index (χ1v) is 11.3. The molecule has 2 rings (SSSR count). The van der Waals surface area contributed by atoms with Gasteiger partial charge in [0.25, 0.3) is 0 Å². The predicted octanol–water partition coefficient (Wildman–Crippen LogP) is 1.05. The number of nitrogens with zero attached hydrogens (tertiary/aromatic N) is 1. The summed E-state index contributed by atoms with van der Waals surface area (Å²) in [5.74, 6) is 0. The van der Waals surface area contributed by atoms with Crippen LogP contribution in [0.4, 0.5) is 0 Å². The second-order valence-corrected chi connectivity index (χ2v) is 9.51. The first kappa shape index (κ1) is 20.2. The van der Waals surface area contributed by atoms with Crippen molar-refractivity contribution >= 4 is 23.5 Å². The normalized spacial score (nSPS) is 29.6. The minimum absolute atomic E-state index is 0.182. The van der Waals surface area contributed by atoms with Gasteiger partial charge in [0.05, 0.1) is 12.7 Å². The number of rotatable bonds is 8. The Morgan fingerprint density at radius 2 is 1.79 bits per heavy atom. The van der Waals surface area contributed by atoms with Crippen molar-refractivity contribution in [1.82, 2.24) is 4.90 Å². The second-order valence-electron chi connectivity index (χ2n) is 5.09. The molecular weight excluding hydrogens is 391 g/mol. The first-order chi connectivity index (χ1) is 11.0. The van der Waals surface area contributed by atoms with Gasteiger partial charge in [-0.3, -0.25) is 4.52 Å². The van der Waals surface area contributed by atoms with Crippen molar-refractivity contribution in [1.29, 1.82) is 0 Å². The first-order valence-electron chi connectivity index (χ1n) is 6.82. The molecule has 0 saturated carbocycles. The quantitative estimate of drug-likeness (QED) is 0.421. The van der Waals surface area contributed by atoms with Crippen molar-refractivity contribution in [2.24, 2.45) is 0 Å². The lowest BCUT2D eigenvalue weighted by Crippen LogP contribution is -2.30. The summed E-state index contributed by atoms with van der Waals surface area (Å²) in [6.07, 6.45) is 5.29. The SMILES string of the molecule is O=P(O)(O)OP(=O)(O)OP(=O)(O)OC[C@@H]1CC[C@H](N2C=CCC2)O1. The van der Waals surface area contributed by atoms with E-state index in [9.17, 15) is 18.6 Å². The number of phosphoric ester groups is 1. The van der Waals surface area contributed by atoms with E-state index in [0.29, 0.717) is 12.8 Å². The van der Waals surface area contributed by atoms with Crippen molar-refractivity contribution in [2.75, 3.05) is 13.2 Å². The molecule has 0 aliphatic carbocycles. The van der Waals surface area contributed by atoms with Gasteiger partial charge < -0.3 is 29.2 Å². The van der Waals surface area contributed by atoms with Crippen LogP contribution < -0.4 is 0 Å². The molecule has 0 aromatic heterocycles. The molecular formula is C9H18NO11P3. The van der Waals surface area contributed by atoms with Crippen LogP contribution in [0.25, 0.3) is 0 Å². The van der Waals surface area contributed by atoms with Crippen LogP contribution in [0.5, 0.6) is 0 Å². The lowest BCUT2D eigenvalue weighted by molar-refractivity contribution is -0.0465. The van der Waals surface area contributed by atoms with Gasteiger partial charge in [-0.15, -0.1) is 0 Å². The summed E-state index contributed by atoms with van der Waals surface area (Å²) in [6.45, 7) is 0.408. The highest BCUT2D eigenvalue weighted by Crippen LogP contribution is 2.66. The van der Waals surface area contributed by atoms with Gasteiger partial charge in [-0.2, -0.15) is 8.62 Å². The minimum Gasteiger partial charge on any atom is -0.353 e. The lowest BCUT2D eigenvalue weighted by Gasteiger charge is -2.24. The van der Waals surface area contributed by atoms with Gasteiger partial charge in [0.15, 0.2) is 0 Å². The zero-order valence-corrected chi connectivity index (χ0v) is 15.0. The number of ether oxygens (including phenoxy) is 1. The van der Waals surface area contributed by atoms with Gasteiger partial charge in [0.2, 0.25) is 0 Å². The molecule has 15 heteroatoms. The molecule has 0 radical (unpaired) electrons. The van der Waals surface area contributed by atoms with Crippen molar-refractivity contribution in [2.45, 2.75) is 31.6 Å². The van der Waals surface area contributed by atoms with E-state index in [0.717, 1.165) is 13.0 Å². The average molecular weight is 409 g/mol. The van der Waals surface area contributed by atoms with Crippen LogP contribution in [0.1, 0.15) is 19.3 Å². The van der Waals surface area contributed by atoms with Gasteiger partial charge in [0.1, 0.15) is 6.23 Å². The highest BCUT2D eigenvalue weighted by atomic mass is 31.3. The third-order valence-electron chi connectivity index (χ3n) is 3.15. The maximum absolute atomic E-state index is 11.6. The molecule has 2 aliphatic rings. The van der Waals surface area contributed by atoms with Crippen molar-refractivity contribution < 1.29 is 51.2 Å². The molecule has 0 amide bonds. The topological polar surface area (TPSA) is 172 Å². The fourth-order valence-corrected chi connectivity index (χ4v) is 5.33. The molecule has 2 unspecified atom stereocenters. The summed E-state index contributed by atoms with van der Waals surface area (Å²) in [5.41, 5.74) is 0. The number of hydrogen-bond donors (Lipinski definition) is 4. The van der Waals surface area contributed by atoms with Crippen molar-refractivity contribution in [3.05, 3.63) is 12.3 Å². The Balaban J connectivity index is 1.80. The molecule has 2 aliphatic heterocycles. The van der Waals surface area contributed by atoms with Gasteiger partial charge in [-0.05, 0) is 25.5 Å². The van der Waals surface area contributed by atoms with Gasteiger partial charge in [0, 0.05) is 6.54 Å². The van der Waals surface area contributed by atoms with E-state index in [-0.39, 0.29) is 6.23 Å². The monoisotopic (exact) mass is 409 g/mol. The van der Waals surface area contributed by atoms with Crippen LogP contribution in [-0.2, 0) is 31.6 Å². The molecule has 0 aromatic carbocycles. The summed E-state index contributed by atoms with van der Waals surface area (Å²) in [5, 5.41) is 0. The average Bonchev–Trinajstić information content (AvgIpc) is 3.03. The second kappa shape index (κ2) is 7.65. The molecule has 24 heavy (non-hydrogen) atoms. The van der Waals surface area contributed by atoms with Crippen molar-refractivity contribution in [3.8, 4) is 0 Å². The third-order valence-corrected chi connectivity index (χ3v) is 6.95. The molecule has 2 heterocycles. The van der Waals surface area contributed by atoms with Gasteiger partial charge in [-0.1, -0.05) is 6.08 Å². The van der Waals surface area contributed by atoms with E-state index in [1.807, 2.05) is 17.2 Å². The highest BCUT2D eigenvalue weighted by Gasteiger charge is 2.41. The van der Waals surface area contributed by atoms with Crippen LogP contribution in [0.3, 0.4) is 0 Å². The van der Waals surface area contributed by atoms with Crippen LogP contribution in [0.15, 0.2) is 12.3 Å². The molecule has 140 valence electrons. The fourth-order valence-electron chi connectivity index (χ4n) is 2.28. The van der Waals surface area contributed by atoms with Crippen molar-refractivity contribution in [3.63, 3.8) is 0 Å². The van der Waals surface area contributed by atoms with Crippen LogP contribution in [0.2, 0.25) is 0 Å². The highest BCUT2D eigenvalue weighted by molar-refractivity contribution is 7.66. The Hall–Kier alpha value is -0.0900. The Morgan fingerprint density at radius 1 is 1.08 bits per heavy atom. The summed E-state index contributed by atoms with van der Waals surface area (Å²) in [4.78, 5) is 37.2. The minimum atomic E-state index is -5.49. The maximum Gasteiger partial charge on any atom is 0.490 e. The zero-order chi connectivity index (χ0) is 18.0. The van der Waals surface area contributed by atoms with Crippen LogP contribution in [-0.4, -0.2) is 50.0 Å².